The number of nitrogens with one attached hydrogen (secondary N) is 3. The van der Waals surface area contributed by atoms with E-state index in [1.165, 1.54) is 12.1 Å². The second-order valence-electron chi connectivity index (χ2n) is 5.99. The summed E-state index contributed by atoms with van der Waals surface area (Å²) in [6, 6.07) is 12.7. The zero-order valence-corrected chi connectivity index (χ0v) is 17.7. The molecule has 3 N–H and O–H groups in total. The molecule has 28 heavy (non-hydrogen) atoms. The first kappa shape index (κ1) is 23.7. The van der Waals surface area contributed by atoms with Crippen LogP contribution in [0.3, 0.4) is 0 Å². The first-order valence-electron chi connectivity index (χ1n) is 8.67. The summed E-state index contributed by atoms with van der Waals surface area (Å²) in [4.78, 5) is 12.3. The smallest absolute Gasteiger partial charge is 0.261 e. The van der Waals surface area contributed by atoms with Crippen LogP contribution < -0.4 is 20.1 Å². The van der Waals surface area contributed by atoms with Crippen LogP contribution >= 0.6 is 12.4 Å². The Bertz CT molecular complexity index is 873. The van der Waals surface area contributed by atoms with E-state index in [1.807, 2.05) is 13.8 Å². The fourth-order valence-corrected chi connectivity index (χ4v) is 3.36. The van der Waals surface area contributed by atoms with Crippen molar-refractivity contribution in [1.29, 1.82) is 0 Å². The van der Waals surface area contributed by atoms with Gasteiger partial charge in [-0.2, -0.15) is 0 Å². The Kier molecular flexibility index (Phi) is 9.24. The van der Waals surface area contributed by atoms with Crippen LogP contribution in [0.4, 0.5) is 5.69 Å². The van der Waals surface area contributed by atoms with Gasteiger partial charge in [0, 0.05) is 23.8 Å². The van der Waals surface area contributed by atoms with Gasteiger partial charge < -0.3 is 15.4 Å². The molecule has 154 valence electrons. The van der Waals surface area contributed by atoms with Crippen LogP contribution in [0.5, 0.6) is 5.75 Å². The van der Waals surface area contributed by atoms with Gasteiger partial charge in [0.2, 0.25) is 0 Å². The van der Waals surface area contributed by atoms with Crippen LogP contribution in [0, 0.1) is 0 Å². The Morgan fingerprint density at radius 2 is 1.82 bits per heavy atom. The minimum Gasteiger partial charge on any atom is -0.494 e. The molecule has 9 heteroatoms. The maximum atomic E-state index is 12.6. The lowest BCUT2D eigenvalue weighted by molar-refractivity contribution is 0.0950. The lowest BCUT2D eigenvalue weighted by Gasteiger charge is -2.12. The number of halogens is 1. The molecule has 2 rings (SSSR count). The zero-order valence-electron chi connectivity index (χ0n) is 16.1. The number of carbonyl (C=O) groups is 1. The van der Waals surface area contributed by atoms with Crippen molar-refractivity contribution in [3.8, 4) is 5.75 Å². The lowest BCUT2D eigenvalue weighted by Crippen LogP contribution is -2.37. The third-order valence-electron chi connectivity index (χ3n) is 3.89. The third-order valence-corrected chi connectivity index (χ3v) is 5.26. The van der Waals surface area contributed by atoms with Gasteiger partial charge in [-0.25, -0.2) is 8.42 Å². The van der Waals surface area contributed by atoms with E-state index in [9.17, 15) is 13.2 Å². The maximum Gasteiger partial charge on any atom is 0.261 e. The molecule has 2 aromatic rings. The highest BCUT2D eigenvalue weighted by molar-refractivity contribution is 7.92. The molecule has 1 atom stereocenters. The fraction of sp³-hybridized carbons (Fsp3) is 0.316. The highest BCUT2D eigenvalue weighted by Gasteiger charge is 2.17. The molecule has 0 aliphatic rings. The number of carbonyl (C=O) groups excluding carboxylic acids is 1. The molecule has 0 radical (unpaired) electrons. The number of hydrogen-bond donors (Lipinski definition) is 3. The maximum absolute atomic E-state index is 12.6. The molecule has 0 aliphatic heterocycles. The van der Waals surface area contributed by atoms with E-state index in [-0.39, 0.29) is 34.8 Å². The second-order valence-corrected chi connectivity index (χ2v) is 7.67. The van der Waals surface area contributed by atoms with Gasteiger partial charge in [-0.05, 0) is 63.4 Å². The summed E-state index contributed by atoms with van der Waals surface area (Å²) in [6.07, 6.45) is 0. The molecule has 1 unspecified atom stereocenters. The highest BCUT2D eigenvalue weighted by atomic mass is 35.5. The molecular formula is C19H26ClN3O4S. The van der Waals surface area contributed by atoms with Crippen molar-refractivity contribution in [1.82, 2.24) is 10.6 Å². The minimum atomic E-state index is -3.81. The Labute approximate surface area is 172 Å². The summed E-state index contributed by atoms with van der Waals surface area (Å²) in [5.74, 6) is 0.338. The van der Waals surface area contributed by atoms with Gasteiger partial charge >= 0.3 is 0 Å². The number of benzene rings is 2. The van der Waals surface area contributed by atoms with E-state index in [4.69, 9.17) is 4.74 Å². The van der Waals surface area contributed by atoms with Crippen LogP contribution in [0.1, 0.15) is 24.2 Å². The number of rotatable bonds is 9. The predicted molar refractivity (Wildman–Crippen MR) is 113 cm³/mol. The van der Waals surface area contributed by atoms with E-state index in [1.54, 1.807) is 43.4 Å². The van der Waals surface area contributed by atoms with E-state index in [0.717, 1.165) is 0 Å². The summed E-state index contributed by atoms with van der Waals surface area (Å²) in [5, 5.41) is 5.78. The van der Waals surface area contributed by atoms with Gasteiger partial charge in [-0.3, -0.25) is 9.52 Å². The van der Waals surface area contributed by atoms with Crippen molar-refractivity contribution in [3.05, 3.63) is 54.1 Å². The molecule has 0 bridgehead atoms. The first-order chi connectivity index (χ1) is 12.9. The SMILES string of the molecule is CCOc1ccc(NS(=O)(=O)c2cccc(C(=O)NCC(C)NC)c2)cc1.Cl. The van der Waals surface area contributed by atoms with Crippen LogP contribution in [0.15, 0.2) is 53.4 Å². The molecule has 0 saturated heterocycles. The number of hydrogen-bond acceptors (Lipinski definition) is 5. The Morgan fingerprint density at radius 1 is 1.14 bits per heavy atom. The molecule has 0 fully saturated rings. The van der Waals surface area contributed by atoms with Crippen molar-refractivity contribution < 1.29 is 17.9 Å². The van der Waals surface area contributed by atoms with E-state index >= 15 is 0 Å². The molecule has 2 aromatic carbocycles. The zero-order chi connectivity index (χ0) is 19.9. The van der Waals surface area contributed by atoms with Gasteiger partial charge in [-0.15, -0.1) is 12.4 Å². The average Bonchev–Trinajstić information content (AvgIpc) is 2.67. The van der Waals surface area contributed by atoms with Crippen LogP contribution in [-0.4, -0.2) is 40.6 Å². The van der Waals surface area contributed by atoms with Crippen molar-refractivity contribution in [2.24, 2.45) is 0 Å². The number of sulfonamides is 1. The summed E-state index contributed by atoms with van der Waals surface area (Å²) < 4.78 is 33.1. The van der Waals surface area contributed by atoms with Gasteiger partial charge in [0.05, 0.1) is 11.5 Å². The van der Waals surface area contributed by atoms with Gasteiger partial charge in [0.1, 0.15) is 5.75 Å². The number of anilines is 1. The van der Waals surface area contributed by atoms with Crippen molar-refractivity contribution in [2.75, 3.05) is 24.9 Å². The number of ether oxygens (including phenoxy) is 1. The summed E-state index contributed by atoms with van der Waals surface area (Å²) in [6.45, 7) is 4.78. The van der Waals surface area contributed by atoms with E-state index < -0.39 is 10.0 Å². The number of amides is 1. The number of likely N-dealkylation sites (N-methyl/N-ethyl adjacent to an activating group) is 1. The predicted octanol–water partition coefficient (Wildman–Crippen LogP) is 2.65. The Hall–Kier alpha value is -2.29. The standard InChI is InChI=1S/C19H25N3O4S.ClH/c1-4-26-17-10-8-16(9-11-17)22-27(24,25)18-7-5-6-15(12-18)19(23)21-13-14(2)20-3;/h5-12,14,20,22H,4,13H2,1-3H3,(H,21,23);1H. The van der Waals surface area contributed by atoms with Crippen LogP contribution in [0.2, 0.25) is 0 Å². The summed E-state index contributed by atoms with van der Waals surface area (Å²) in [7, 11) is -2.01. The molecule has 1 amide bonds. The normalized spacial score (nSPS) is 11.8. The van der Waals surface area contributed by atoms with Crippen molar-refractivity contribution in [3.63, 3.8) is 0 Å². The quantitative estimate of drug-likeness (QED) is 0.571. The van der Waals surface area contributed by atoms with Crippen molar-refractivity contribution in [2.45, 2.75) is 24.8 Å². The molecule has 0 saturated carbocycles. The molecule has 0 aliphatic carbocycles. The topological polar surface area (TPSA) is 96.5 Å². The van der Waals surface area contributed by atoms with Crippen LogP contribution in [-0.2, 0) is 10.0 Å². The molecular weight excluding hydrogens is 402 g/mol. The average molecular weight is 428 g/mol. The Morgan fingerprint density at radius 3 is 2.43 bits per heavy atom. The Balaban J connectivity index is 0.00000392. The fourth-order valence-electron chi connectivity index (χ4n) is 2.25. The van der Waals surface area contributed by atoms with E-state index in [2.05, 4.69) is 15.4 Å². The molecule has 0 heterocycles. The monoisotopic (exact) mass is 427 g/mol. The molecule has 0 aromatic heterocycles. The summed E-state index contributed by atoms with van der Waals surface area (Å²) in [5.41, 5.74) is 0.698. The van der Waals surface area contributed by atoms with Gasteiger partial charge in [0.15, 0.2) is 0 Å². The highest BCUT2D eigenvalue weighted by Crippen LogP contribution is 2.20. The summed E-state index contributed by atoms with van der Waals surface area (Å²) >= 11 is 0. The first-order valence-corrected chi connectivity index (χ1v) is 10.1. The largest absolute Gasteiger partial charge is 0.494 e. The van der Waals surface area contributed by atoms with Crippen LogP contribution in [0.25, 0.3) is 0 Å². The molecule has 7 nitrogen and oxygen atoms in total. The van der Waals surface area contributed by atoms with Crippen molar-refractivity contribution >= 4 is 34.0 Å². The minimum absolute atomic E-state index is 0. The van der Waals surface area contributed by atoms with E-state index in [0.29, 0.717) is 24.6 Å². The second kappa shape index (κ2) is 10.9. The van der Waals surface area contributed by atoms with Gasteiger partial charge in [-0.1, -0.05) is 6.07 Å². The van der Waals surface area contributed by atoms with Gasteiger partial charge in [0.25, 0.3) is 15.9 Å². The lowest BCUT2D eigenvalue weighted by atomic mass is 10.2. The third kappa shape index (κ3) is 6.70. The molecule has 0 spiro atoms.